The Balaban J connectivity index is 0.00000209. The molecular formula is C42H53FN4O7. The number of benzene rings is 3. The number of carbonyl (C=O) groups is 4. The van der Waals surface area contributed by atoms with E-state index >= 15 is 0 Å². The number of alkyl halides is 1. The molecule has 0 radical (unpaired) electrons. The van der Waals surface area contributed by atoms with Crippen molar-refractivity contribution < 1.29 is 38.5 Å². The lowest BCUT2D eigenvalue weighted by Gasteiger charge is -2.29. The van der Waals surface area contributed by atoms with Crippen LogP contribution in [-0.4, -0.2) is 95.0 Å². The number of anilines is 1. The first kappa shape index (κ1) is 41.6. The third-order valence-corrected chi connectivity index (χ3v) is 9.62. The van der Waals surface area contributed by atoms with Gasteiger partial charge in [-0.25, -0.2) is 9.18 Å². The first-order chi connectivity index (χ1) is 25.7. The Labute approximate surface area is 317 Å². The molecule has 290 valence electrons. The van der Waals surface area contributed by atoms with E-state index in [1.54, 1.807) is 26.8 Å². The summed E-state index contributed by atoms with van der Waals surface area (Å²) in [5.74, 6) is 6.32. The summed E-state index contributed by atoms with van der Waals surface area (Å²) in [6.07, 6.45) is 2.03. The molecule has 0 aromatic heterocycles. The molecule has 3 aromatic rings. The molecule has 0 aliphatic carbocycles. The smallest absolute Gasteiger partial charge is 0.410 e. The van der Waals surface area contributed by atoms with Gasteiger partial charge in [0, 0.05) is 35.7 Å². The fraction of sp³-hybridized carbons (Fsp3) is 0.476. The number of hydrogen-bond donors (Lipinski definition) is 4. The normalized spacial score (nSPS) is 18.1. The van der Waals surface area contributed by atoms with E-state index in [4.69, 9.17) is 19.7 Å². The van der Waals surface area contributed by atoms with Crippen LogP contribution in [0, 0.1) is 24.7 Å². The van der Waals surface area contributed by atoms with Gasteiger partial charge in [0.1, 0.15) is 11.8 Å². The van der Waals surface area contributed by atoms with Gasteiger partial charge in [0.15, 0.2) is 0 Å². The van der Waals surface area contributed by atoms with E-state index in [0.29, 0.717) is 23.6 Å². The van der Waals surface area contributed by atoms with Crippen molar-refractivity contribution >= 4 is 40.9 Å². The van der Waals surface area contributed by atoms with Crippen LogP contribution in [0.4, 0.5) is 14.9 Å². The van der Waals surface area contributed by atoms with Gasteiger partial charge in [0.05, 0.1) is 18.6 Å². The largest absolute Gasteiger partial charge is 0.483 e. The van der Waals surface area contributed by atoms with Crippen LogP contribution < -0.4 is 10.6 Å². The molecule has 4 N–H and O–H groups in total. The molecule has 2 heterocycles. The standard InChI is InChI=1S/C41H51FN4O5.CH2O2/c1-27-13-17-31(44-37-26-46(25-36(37)42)40(50)51-41(3,4)5)24-35(27)39(49)43-28(2)32-18-16-30(33-10-6-7-11-34(32)33)15-14-29-19-22-45(23-20-29)21-9-8-12-38(47)48;2-1-3/h6-7,10-11,13,16-18,24,28-29,36-37,44H,8-9,12,19-23,25-26H2,1-5H3,(H,43,49)(H,47,48);1H,(H,2,3)/t28-,36+,37+;/m1./s1. The molecule has 3 aromatic carbocycles. The number of likely N-dealkylation sites (tertiary alicyclic amines) is 2. The van der Waals surface area contributed by atoms with Gasteiger partial charge in [-0.2, -0.15) is 0 Å². The molecule has 2 saturated heterocycles. The van der Waals surface area contributed by atoms with E-state index in [-0.39, 0.29) is 37.9 Å². The fourth-order valence-electron chi connectivity index (χ4n) is 6.80. The number of carbonyl (C=O) groups excluding carboxylic acids is 2. The molecule has 2 fully saturated rings. The third kappa shape index (κ3) is 11.9. The third-order valence-electron chi connectivity index (χ3n) is 9.62. The van der Waals surface area contributed by atoms with Crippen molar-refractivity contribution in [1.82, 2.24) is 15.1 Å². The number of unbranched alkanes of at least 4 members (excludes halogenated alkanes) is 1. The average molecular weight is 745 g/mol. The molecule has 3 atom stereocenters. The quantitative estimate of drug-likeness (QED) is 0.0976. The second kappa shape index (κ2) is 19.3. The predicted octanol–water partition coefficient (Wildman–Crippen LogP) is 7.03. The number of rotatable bonds is 10. The van der Waals surface area contributed by atoms with Crippen molar-refractivity contribution in [1.29, 1.82) is 0 Å². The van der Waals surface area contributed by atoms with E-state index in [9.17, 15) is 18.8 Å². The Kier molecular flexibility index (Phi) is 14.8. The summed E-state index contributed by atoms with van der Waals surface area (Å²) in [5.41, 5.74) is 3.17. The van der Waals surface area contributed by atoms with Crippen molar-refractivity contribution in [2.45, 2.75) is 90.6 Å². The monoisotopic (exact) mass is 744 g/mol. The predicted molar refractivity (Wildman–Crippen MR) is 207 cm³/mol. The van der Waals surface area contributed by atoms with Gasteiger partial charge in [-0.3, -0.25) is 14.4 Å². The van der Waals surface area contributed by atoms with Crippen LogP contribution in [0.1, 0.15) is 92.9 Å². The number of nitrogens with one attached hydrogen (secondary N) is 2. The molecule has 2 aliphatic heterocycles. The van der Waals surface area contributed by atoms with Crippen molar-refractivity contribution in [3.63, 3.8) is 0 Å². The first-order valence-corrected chi connectivity index (χ1v) is 18.5. The van der Waals surface area contributed by atoms with Gasteiger partial charge in [-0.1, -0.05) is 48.2 Å². The molecule has 0 spiro atoms. The Morgan fingerprint density at radius 2 is 1.72 bits per heavy atom. The van der Waals surface area contributed by atoms with E-state index in [0.717, 1.165) is 66.4 Å². The SMILES string of the molecule is Cc1ccc(N[C@H]2CN(C(=O)OC(C)(C)C)C[C@@H]2F)cc1C(=O)N[C@H](C)c1ccc(C#CC2CCN(CCCCC(=O)O)CC2)c2ccccc12.O=CO. The number of fused-ring (bicyclic) bond motifs is 1. The molecule has 0 unspecified atom stereocenters. The molecule has 2 aliphatic rings. The van der Waals surface area contributed by atoms with E-state index in [1.165, 1.54) is 4.90 Å². The van der Waals surface area contributed by atoms with Gasteiger partial charge in [0.2, 0.25) is 0 Å². The van der Waals surface area contributed by atoms with Crippen LogP contribution >= 0.6 is 0 Å². The van der Waals surface area contributed by atoms with E-state index in [1.807, 2.05) is 50.2 Å². The Hall–Kier alpha value is -5.15. The van der Waals surface area contributed by atoms with Crippen LogP contribution in [0.5, 0.6) is 0 Å². The maximum Gasteiger partial charge on any atom is 0.410 e. The molecule has 5 rings (SSSR count). The minimum Gasteiger partial charge on any atom is -0.483 e. The Morgan fingerprint density at radius 3 is 2.39 bits per heavy atom. The second-order valence-electron chi connectivity index (χ2n) is 15.0. The molecule has 54 heavy (non-hydrogen) atoms. The summed E-state index contributed by atoms with van der Waals surface area (Å²) in [6.45, 7) is 11.9. The van der Waals surface area contributed by atoms with Gasteiger partial charge >= 0.3 is 12.1 Å². The number of amides is 2. The highest BCUT2D eigenvalue weighted by Gasteiger charge is 2.37. The lowest BCUT2D eigenvalue weighted by molar-refractivity contribution is -0.137. The molecule has 0 saturated carbocycles. The number of piperidine rings is 1. The zero-order valence-corrected chi connectivity index (χ0v) is 31.9. The highest BCUT2D eigenvalue weighted by molar-refractivity contribution is 5.97. The lowest BCUT2D eigenvalue weighted by atomic mass is 9.94. The molecular weight excluding hydrogens is 691 g/mol. The Bertz CT molecular complexity index is 1840. The second-order valence-corrected chi connectivity index (χ2v) is 15.0. The van der Waals surface area contributed by atoms with Crippen LogP contribution in [0.3, 0.4) is 0 Å². The molecule has 0 bridgehead atoms. The van der Waals surface area contributed by atoms with Crippen LogP contribution in [-0.2, 0) is 14.3 Å². The van der Waals surface area contributed by atoms with Crippen molar-refractivity contribution in [3.05, 3.63) is 76.9 Å². The summed E-state index contributed by atoms with van der Waals surface area (Å²) in [6, 6.07) is 16.7. The number of carboxylic acids is 1. The highest BCUT2D eigenvalue weighted by Crippen LogP contribution is 2.29. The number of hydrogen-bond acceptors (Lipinski definition) is 7. The maximum atomic E-state index is 15.0. The number of carboxylic acid groups (broad SMARTS) is 2. The van der Waals surface area contributed by atoms with Gasteiger partial charge in [-0.05, 0) is 120 Å². The summed E-state index contributed by atoms with van der Waals surface area (Å²) in [5, 5.41) is 24.2. The summed E-state index contributed by atoms with van der Waals surface area (Å²) in [7, 11) is 0. The Morgan fingerprint density at radius 1 is 1.04 bits per heavy atom. The summed E-state index contributed by atoms with van der Waals surface area (Å²) < 4.78 is 20.4. The zero-order valence-electron chi connectivity index (χ0n) is 31.9. The molecule has 11 nitrogen and oxygen atoms in total. The molecule has 2 amide bonds. The van der Waals surface area contributed by atoms with Crippen molar-refractivity contribution in [3.8, 4) is 11.8 Å². The average Bonchev–Trinajstić information content (AvgIpc) is 3.49. The fourth-order valence-corrected chi connectivity index (χ4v) is 6.80. The molecule has 12 heteroatoms. The lowest BCUT2D eigenvalue weighted by Crippen LogP contribution is -2.36. The first-order valence-electron chi connectivity index (χ1n) is 18.5. The zero-order chi connectivity index (χ0) is 39.4. The number of halogens is 1. The topological polar surface area (TPSA) is 149 Å². The summed E-state index contributed by atoms with van der Waals surface area (Å²) >= 11 is 0. The van der Waals surface area contributed by atoms with Crippen LogP contribution in [0.25, 0.3) is 10.8 Å². The number of ether oxygens (including phenoxy) is 1. The number of aryl methyl sites for hydroxylation is 1. The van der Waals surface area contributed by atoms with Gasteiger partial charge < -0.3 is 35.4 Å². The minimum atomic E-state index is -1.28. The van der Waals surface area contributed by atoms with Crippen molar-refractivity contribution in [2.24, 2.45) is 5.92 Å². The maximum absolute atomic E-state index is 15.0. The summed E-state index contributed by atoms with van der Waals surface area (Å²) in [4.78, 5) is 49.1. The van der Waals surface area contributed by atoms with Crippen molar-refractivity contribution in [2.75, 3.05) is 38.0 Å². The van der Waals surface area contributed by atoms with E-state index in [2.05, 4.69) is 39.5 Å². The number of aliphatic carboxylic acids is 1. The van der Waals surface area contributed by atoms with Gasteiger partial charge in [-0.15, -0.1) is 0 Å². The minimum absolute atomic E-state index is 0.0558. The number of nitrogens with zero attached hydrogens (tertiary/aromatic N) is 2. The highest BCUT2D eigenvalue weighted by atomic mass is 19.1. The van der Waals surface area contributed by atoms with E-state index < -0.39 is 29.9 Å². The van der Waals surface area contributed by atoms with Crippen LogP contribution in [0.2, 0.25) is 0 Å². The van der Waals surface area contributed by atoms with Gasteiger partial charge in [0.25, 0.3) is 12.4 Å². The van der Waals surface area contributed by atoms with Crippen LogP contribution in [0.15, 0.2) is 54.6 Å².